The highest BCUT2D eigenvalue weighted by molar-refractivity contribution is 5.19. The normalized spacial score (nSPS) is 11.2. The van der Waals surface area contributed by atoms with Crippen molar-refractivity contribution >= 4 is 0 Å². The van der Waals surface area contributed by atoms with E-state index in [4.69, 9.17) is 4.42 Å². The zero-order valence-corrected chi connectivity index (χ0v) is 9.55. The van der Waals surface area contributed by atoms with Gasteiger partial charge in [-0.05, 0) is 34.0 Å². The molecule has 0 unspecified atom stereocenters. The van der Waals surface area contributed by atoms with Gasteiger partial charge in [-0.15, -0.1) is 0 Å². The second kappa shape index (κ2) is 5.17. The van der Waals surface area contributed by atoms with Crippen molar-refractivity contribution in [1.29, 1.82) is 0 Å². The molecule has 0 aromatic carbocycles. The molecule has 1 aromatic rings. The number of furan rings is 1. The van der Waals surface area contributed by atoms with E-state index >= 15 is 0 Å². The summed E-state index contributed by atoms with van der Waals surface area (Å²) in [5.41, 5.74) is 1.29. The summed E-state index contributed by atoms with van der Waals surface area (Å²) in [5, 5.41) is 3.14. The summed E-state index contributed by atoms with van der Waals surface area (Å²) in [6.45, 7) is 7.05. The molecule has 3 nitrogen and oxygen atoms in total. The van der Waals surface area contributed by atoms with Crippen LogP contribution in [0.1, 0.15) is 17.1 Å². The first-order valence-electron chi connectivity index (χ1n) is 5.02. The van der Waals surface area contributed by atoms with E-state index in [9.17, 15) is 0 Å². The highest BCUT2D eigenvalue weighted by Gasteiger charge is 2.06. The van der Waals surface area contributed by atoms with Crippen LogP contribution < -0.4 is 5.32 Å². The molecule has 1 aromatic heterocycles. The van der Waals surface area contributed by atoms with Gasteiger partial charge in [-0.2, -0.15) is 0 Å². The van der Waals surface area contributed by atoms with E-state index in [-0.39, 0.29) is 0 Å². The minimum atomic E-state index is 0.963. The fourth-order valence-electron chi connectivity index (χ4n) is 1.51. The summed E-state index contributed by atoms with van der Waals surface area (Å²) in [4.78, 5) is 2.29. The topological polar surface area (TPSA) is 28.4 Å². The van der Waals surface area contributed by atoms with Crippen molar-refractivity contribution < 1.29 is 4.42 Å². The molecule has 1 rings (SSSR count). The molecule has 0 amide bonds. The minimum absolute atomic E-state index is 0.963. The lowest BCUT2D eigenvalue weighted by atomic mass is 10.2. The first-order chi connectivity index (χ1) is 6.63. The predicted molar refractivity (Wildman–Crippen MR) is 58.4 cm³/mol. The zero-order valence-electron chi connectivity index (χ0n) is 9.55. The second-order valence-corrected chi connectivity index (χ2v) is 3.78. The maximum absolute atomic E-state index is 5.48. The maximum Gasteiger partial charge on any atom is 0.105 e. The summed E-state index contributed by atoms with van der Waals surface area (Å²) < 4.78 is 5.48. The predicted octanol–water partition coefficient (Wildman–Crippen LogP) is 1.55. The van der Waals surface area contributed by atoms with E-state index in [1.807, 2.05) is 20.9 Å². The van der Waals surface area contributed by atoms with Crippen molar-refractivity contribution in [2.24, 2.45) is 0 Å². The fraction of sp³-hybridized carbons (Fsp3) is 0.636. The molecule has 1 N–H and O–H groups in total. The fourth-order valence-corrected chi connectivity index (χ4v) is 1.51. The molecule has 0 aliphatic carbocycles. The lowest BCUT2D eigenvalue weighted by Crippen LogP contribution is -2.26. The van der Waals surface area contributed by atoms with Crippen LogP contribution in [0.5, 0.6) is 0 Å². The molecule has 0 aliphatic heterocycles. The summed E-state index contributed by atoms with van der Waals surface area (Å²) in [6, 6.07) is 2.12. The Hall–Kier alpha value is -0.800. The number of nitrogens with zero attached hydrogens (tertiary/aromatic N) is 1. The van der Waals surface area contributed by atoms with Gasteiger partial charge in [-0.1, -0.05) is 0 Å². The number of likely N-dealkylation sites (N-methyl/N-ethyl adjacent to an activating group) is 2. The Morgan fingerprint density at radius 1 is 1.43 bits per heavy atom. The van der Waals surface area contributed by atoms with Crippen molar-refractivity contribution in [3.63, 3.8) is 0 Å². The molecule has 14 heavy (non-hydrogen) atoms. The Kier molecular flexibility index (Phi) is 4.17. The molecule has 0 saturated heterocycles. The Bertz CT molecular complexity index is 281. The largest absolute Gasteiger partial charge is 0.466 e. The van der Waals surface area contributed by atoms with Crippen LogP contribution in [0.3, 0.4) is 0 Å². The van der Waals surface area contributed by atoms with Crippen LogP contribution in [-0.4, -0.2) is 32.1 Å². The summed E-state index contributed by atoms with van der Waals surface area (Å²) in [5.74, 6) is 2.04. The highest BCUT2D eigenvalue weighted by atomic mass is 16.3. The lowest BCUT2D eigenvalue weighted by Gasteiger charge is -2.15. The first kappa shape index (κ1) is 11.3. The molecule has 0 saturated carbocycles. The molecular formula is C11H20N2O. The standard InChI is InChI=1S/C11H20N2O/c1-9-7-11(10(2)14-9)8-13(4)6-5-12-3/h7,12H,5-6,8H2,1-4H3. The van der Waals surface area contributed by atoms with Crippen LogP contribution in [0, 0.1) is 13.8 Å². The number of nitrogens with one attached hydrogen (secondary N) is 1. The van der Waals surface area contributed by atoms with Crippen LogP contribution >= 0.6 is 0 Å². The van der Waals surface area contributed by atoms with Gasteiger partial charge in [0, 0.05) is 25.2 Å². The van der Waals surface area contributed by atoms with Crippen molar-refractivity contribution in [2.45, 2.75) is 20.4 Å². The molecule has 0 spiro atoms. The van der Waals surface area contributed by atoms with Crippen LogP contribution in [-0.2, 0) is 6.54 Å². The SMILES string of the molecule is CNCCN(C)Cc1cc(C)oc1C. The molecule has 0 radical (unpaired) electrons. The third-order valence-corrected chi connectivity index (χ3v) is 2.33. The third-order valence-electron chi connectivity index (χ3n) is 2.33. The van der Waals surface area contributed by atoms with Gasteiger partial charge < -0.3 is 14.6 Å². The second-order valence-electron chi connectivity index (χ2n) is 3.78. The average Bonchev–Trinajstić information content (AvgIpc) is 2.42. The van der Waals surface area contributed by atoms with Crippen LogP contribution in [0.2, 0.25) is 0 Å². The smallest absolute Gasteiger partial charge is 0.105 e. The molecule has 3 heteroatoms. The van der Waals surface area contributed by atoms with E-state index in [0.29, 0.717) is 0 Å². The van der Waals surface area contributed by atoms with Crippen molar-refractivity contribution in [3.05, 3.63) is 23.2 Å². The zero-order chi connectivity index (χ0) is 10.6. The van der Waals surface area contributed by atoms with Crippen molar-refractivity contribution in [1.82, 2.24) is 10.2 Å². The van der Waals surface area contributed by atoms with Gasteiger partial charge in [0.25, 0.3) is 0 Å². The van der Waals surface area contributed by atoms with Gasteiger partial charge in [0.05, 0.1) is 0 Å². The number of hydrogen-bond donors (Lipinski definition) is 1. The lowest BCUT2D eigenvalue weighted by molar-refractivity contribution is 0.325. The number of aryl methyl sites for hydroxylation is 2. The van der Waals surface area contributed by atoms with E-state index < -0.39 is 0 Å². The summed E-state index contributed by atoms with van der Waals surface area (Å²) in [7, 11) is 4.10. The molecule has 0 atom stereocenters. The van der Waals surface area contributed by atoms with Crippen LogP contribution in [0.15, 0.2) is 10.5 Å². The Morgan fingerprint density at radius 3 is 2.64 bits per heavy atom. The van der Waals surface area contributed by atoms with E-state index in [1.54, 1.807) is 0 Å². The molecule has 1 heterocycles. The minimum Gasteiger partial charge on any atom is -0.466 e. The Labute approximate surface area is 86.1 Å². The molecule has 80 valence electrons. The van der Waals surface area contributed by atoms with Gasteiger partial charge in [0.2, 0.25) is 0 Å². The van der Waals surface area contributed by atoms with Gasteiger partial charge in [0.1, 0.15) is 11.5 Å². The van der Waals surface area contributed by atoms with Gasteiger partial charge in [0.15, 0.2) is 0 Å². The molecule has 0 aliphatic rings. The van der Waals surface area contributed by atoms with Gasteiger partial charge in [-0.3, -0.25) is 0 Å². The average molecular weight is 196 g/mol. The Morgan fingerprint density at radius 2 is 2.14 bits per heavy atom. The van der Waals surface area contributed by atoms with E-state index in [0.717, 1.165) is 31.2 Å². The summed E-state index contributed by atoms with van der Waals surface area (Å²) >= 11 is 0. The molecule has 0 fully saturated rings. The summed E-state index contributed by atoms with van der Waals surface area (Å²) in [6.07, 6.45) is 0. The quantitative estimate of drug-likeness (QED) is 0.774. The van der Waals surface area contributed by atoms with E-state index in [2.05, 4.69) is 23.3 Å². The molecular weight excluding hydrogens is 176 g/mol. The number of hydrogen-bond acceptors (Lipinski definition) is 3. The van der Waals surface area contributed by atoms with E-state index in [1.165, 1.54) is 5.56 Å². The van der Waals surface area contributed by atoms with Crippen molar-refractivity contribution in [3.8, 4) is 0 Å². The van der Waals surface area contributed by atoms with Crippen LogP contribution in [0.25, 0.3) is 0 Å². The van der Waals surface area contributed by atoms with Gasteiger partial charge in [-0.25, -0.2) is 0 Å². The number of rotatable bonds is 5. The third kappa shape index (κ3) is 3.16. The monoisotopic (exact) mass is 196 g/mol. The first-order valence-corrected chi connectivity index (χ1v) is 5.02. The molecule has 0 bridgehead atoms. The van der Waals surface area contributed by atoms with Gasteiger partial charge >= 0.3 is 0 Å². The Balaban J connectivity index is 2.47. The van der Waals surface area contributed by atoms with Crippen LogP contribution in [0.4, 0.5) is 0 Å². The van der Waals surface area contributed by atoms with Crippen molar-refractivity contribution in [2.75, 3.05) is 27.2 Å². The highest BCUT2D eigenvalue weighted by Crippen LogP contribution is 2.14. The maximum atomic E-state index is 5.48.